The number of halogens is 1. The molecule has 0 saturated carbocycles. The van der Waals surface area contributed by atoms with E-state index in [2.05, 4.69) is 9.97 Å². The summed E-state index contributed by atoms with van der Waals surface area (Å²) in [7, 11) is 0. The van der Waals surface area contributed by atoms with Gasteiger partial charge in [0, 0.05) is 16.7 Å². The fraction of sp³-hybridized carbons (Fsp3) is 0.375. The molecule has 3 nitrogen and oxygen atoms in total. The largest absolute Gasteiger partial charge is 0.383 e. The molecule has 0 unspecified atom stereocenters. The summed E-state index contributed by atoms with van der Waals surface area (Å²) >= 11 is 0. The third-order valence-electron chi connectivity index (χ3n) is 3.72. The van der Waals surface area contributed by atoms with Crippen LogP contribution in [0.4, 0.5) is 10.2 Å². The summed E-state index contributed by atoms with van der Waals surface area (Å²) in [6, 6.07) is 6.43. The fourth-order valence-electron chi connectivity index (χ4n) is 2.33. The molecule has 0 bridgehead atoms. The van der Waals surface area contributed by atoms with Gasteiger partial charge in [0.2, 0.25) is 0 Å². The quantitative estimate of drug-likeness (QED) is 0.932. The maximum Gasteiger partial charge on any atom is 0.140 e. The number of rotatable bonds is 3. The van der Waals surface area contributed by atoms with E-state index in [0.29, 0.717) is 11.6 Å². The molecule has 1 aromatic carbocycles. The van der Waals surface area contributed by atoms with E-state index in [1.807, 2.05) is 27.7 Å². The summed E-state index contributed by atoms with van der Waals surface area (Å²) in [5.41, 5.74) is 8.46. The topological polar surface area (TPSA) is 51.8 Å². The molecular weight excluding hydrogens is 253 g/mol. The van der Waals surface area contributed by atoms with Gasteiger partial charge in [0.05, 0.1) is 0 Å². The van der Waals surface area contributed by atoms with E-state index in [1.165, 1.54) is 12.1 Å². The van der Waals surface area contributed by atoms with Crippen molar-refractivity contribution in [3.8, 4) is 0 Å². The highest BCUT2D eigenvalue weighted by atomic mass is 19.1. The summed E-state index contributed by atoms with van der Waals surface area (Å²) in [5.74, 6) is 0.948. The van der Waals surface area contributed by atoms with Crippen LogP contribution in [0.5, 0.6) is 0 Å². The zero-order valence-corrected chi connectivity index (χ0v) is 12.4. The molecule has 0 fully saturated rings. The second-order valence-corrected chi connectivity index (χ2v) is 5.48. The van der Waals surface area contributed by atoms with E-state index in [1.54, 1.807) is 12.1 Å². The van der Waals surface area contributed by atoms with E-state index in [4.69, 9.17) is 5.73 Å². The van der Waals surface area contributed by atoms with Gasteiger partial charge in [-0.2, -0.15) is 0 Å². The van der Waals surface area contributed by atoms with Crippen molar-refractivity contribution in [1.82, 2.24) is 9.97 Å². The van der Waals surface area contributed by atoms with Crippen molar-refractivity contribution >= 4 is 5.82 Å². The standard InChI is InChI=1S/C16H20FN3/c1-5-13-10(2)19-15(20-14(13)18)16(3,4)11-6-8-12(17)9-7-11/h6-9H,5H2,1-4H3,(H2,18,19,20). The Hall–Kier alpha value is -1.97. The SMILES string of the molecule is CCc1c(C)nc(C(C)(C)c2ccc(F)cc2)nc1N. The van der Waals surface area contributed by atoms with Crippen molar-refractivity contribution in [2.24, 2.45) is 0 Å². The first kappa shape index (κ1) is 14.4. The van der Waals surface area contributed by atoms with Gasteiger partial charge in [-0.15, -0.1) is 0 Å². The Kier molecular flexibility index (Phi) is 3.75. The first-order valence-electron chi connectivity index (χ1n) is 6.75. The van der Waals surface area contributed by atoms with Crippen LogP contribution in [0.15, 0.2) is 24.3 Å². The van der Waals surface area contributed by atoms with E-state index < -0.39 is 5.41 Å². The molecule has 20 heavy (non-hydrogen) atoms. The van der Waals surface area contributed by atoms with Crippen LogP contribution in [0, 0.1) is 12.7 Å². The lowest BCUT2D eigenvalue weighted by Gasteiger charge is -2.25. The smallest absolute Gasteiger partial charge is 0.140 e. The van der Waals surface area contributed by atoms with Crippen molar-refractivity contribution < 1.29 is 4.39 Å². The lowest BCUT2D eigenvalue weighted by Crippen LogP contribution is -2.24. The Labute approximate surface area is 119 Å². The average Bonchev–Trinajstić information content (AvgIpc) is 2.38. The molecule has 0 radical (unpaired) electrons. The van der Waals surface area contributed by atoms with Gasteiger partial charge in [0.15, 0.2) is 0 Å². The van der Waals surface area contributed by atoms with Crippen LogP contribution in [-0.4, -0.2) is 9.97 Å². The first-order chi connectivity index (χ1) is 9.36. The Morgan fingerprint density at radius 2 is 1.75 bits per heavy atom. The molecule has 1 aromatic heterocycles. The van der Waals surface area contributed by atoms with Gasteiger partial charge in [0.1, 0.15) is 17.5 Å². The zero-order chi connectivity index (χ0) is 14.9. The summed E-state index contributed by atoms with van der Waals surface area (Å²) < 4.78 is 13.1. The number of anilines is 1. The molecule has 4 heteroatoms. The predicted octanol–water partition coefficient (Wildman–Crippen LogP) is 3.39. The third-order valence-corrected chi connectivity index (χ3v) is 3.72. The first-order valence-corrected chi connectivity index (χ1v) is 6.75. The lowest BCUT2D eigenvalue weighted by molar-refractivity contribution is 0.580. The second kappa shape index (κ2) is 5.19. The Bertz CT molecular complexity index is 595. The number of nitrogens with zero attached hydrogens (tertiary/aromatic N) is 2. The van der Waals surface area contributed by atoms with Gasteiger partial charge < -0.3 is 5.73 Å². The maximum atomic E-state index is 13.1. The van der Waals surface area contributed by atoms with E-state index in [9.17, 15) is 4.39 Å². The number of aromatic nitrogens is 2. The van der Waals surface area contributed by atoms with Gasteiger partial charge in [-0.05, 0) is 44.9 Å². The minimum absolute atomic E-state index is 0.248. The van der Waals surface area contributed by atoms with Crippen molar-refractivity contribution in [1.29, 1.82) is 0 Å². The molecule has 0 amide bonds. The molecule has 0 aliphatic heterocycles. The number of benzene rings is 1. The minimum atomic E-state index is -0.418. The maximum absolute atomic E-state index is 13.1. The molecule has 106 valence electrons. The highest BCUT2D eigenvalue weighted by Gasteiger charge is 2.27. The zero-order valence-electron chi connectivity index (χ0n) is 12.4. The van der Waals surface area contributed by atoms with Crippen LogP contribution in [0.25, 0.3) is 0 Å². The highest BCUT2D eigenvalue weighted by Crippen LogP contribution is 2.30. The Morgan fingerprint density at radius 1 is 1.15 bits per heavy atom. The van der Waals surface area contributed by atoms with Crippen molar-refractivity contribution in [2.45, 2.75) is 39.5 Å². The van der Waals surface area contributed by atoms with Crippen LogP contribution >= 0.6 is 0 Å². The Morgan fingerprint density at radius 3 is 2.25 bits per heavy atom. The van der Waals surface area contributed by atoms with Crippen molar-refractivity contribution in [2.75, 3.05) is 5.73 Å². The molecule has 1 heterocycles. The van der Waals surface area contributed by atoms with Gasteiger partial charge in [-0.3, -0.25) is 0 Å². The molecule has 0 aliphatic carbocycles. The molecule has 0 saturated heterocycles. The number of nitrogen functional groups attached to an aromatic ring is 1. The average molecular weight is 273 g/mol. The van der Waals surface area contributed by atoms with Crippen molar-refractivity contribution in [3.05, 3.63) is 52.7 Å². The summed E-state index contributed by atoms with van der Waals surface area (Å²) in [6.45, 7) is 8.01. The molecule has 0 atom stereocenters. The molecule has 2 N–H and O–H groups in total. The van der Waals surface area contributed by atoms with Gasteiger partial charge in [-0.1, -0.05) is 19.1 Å². The molecular formula is C16H20FN3. The van der Waals surface area contributed by atoms with Crippen molar-refractivity contribution in [3.63, 3.8) is 0 Å². The molecule has 0 aliphatic rings. The third kappa shape index (κ3) is 2.50. The number of hydrogen-bond acceptors (Lipinski definition) is 3. The van der Waals surface area contributed by atoms with Crippen LogP contribution in [-0.2, 0) is 11.8 Å². The van der Waals surface area contributed by atoms with Crippen LogP contribution in [0.3, 0.4) is 0 Å². The molecule has 2 rings (SSSR count). The van der Waals surface area contributed by atoms with Gasteiger partial charge in [-0.25, -0.2) is 14.4 Å². The monoisotopic (exact) mass is 273 g/mol. The number of aryl methyl sites for hydroxylation is 1. The van der Waals surface area contributed by atoms with Crippen LogP contribution < -0.4 is 5.73 Å². The summed E-state index contributed by atoms with van der Waals surface area (Å²) in [5, 5.41) is 0. The Balaban J connectivity index is 2.51. The predicted molar refractivity (Wildman–Crippen MR) is 79.1 cm³/mol. The lowest BCUT2D eigenvalue weighted by atomic mass is 9.83. The van der Waals surface area contributed by atoms with Gasteiger partial charge in [0.25, 0.3) is 0 Å². The normalized spacial score (nSPS) is 11.7. The number of nitrogens with two attached hydrogens (primary N) is 1. The van der Waals surface area contributed by atoms with Crippen LogP contribution in [0.1, 0.15) is 43.4 Å². The van der Waals surface area contributed by atoms with E-state index >= 15 is 0 Å². The van der Waals surface area contributed by atoms with E-state index in [0.717, 1.165) is 23.2 Å². The summed E-state index contributed by atoms with van der Waals surface area (Å²) in [4.78, 5) is 9.04. The molecule has 0 spiro atoms. The van der Waals surface area contributed by atoms with Crippen LogP contribution in [0.2, 0.25) is 0 Å². The fourth-order valence-corrected chi connectivity index (χ4v) is 2.33. The van der Waals surface area contributed by atoms with E-state index in [-0.39, 0.29) is 5.82 Å². The number of hydrogen-bond donors (Lipinski definition) is 1. The van der Waals surface area contributed by atoms with Gasteiger partial charge >= 0.3 is 0 Å². The highest BCUT2D eigenvalue weighted by molar-refractivity contribution is 5.44. The minimum Gasteiger partial charge on any atom is -0.383 e. The summed E-state index contributed by atoms with van der Waals surface area (Å²) in [6.07, 6.45) is 0.814. The molecule has 2 aromatic rings. The second-order valence-electron chi connectivity index (χ2n) is 5.48.